The lowest BCUT2D eigenvalue weighted by Crippen LogP contribution is -2.09. The molecule has 2 aromatic rings. The molecule has 0 spiro atoms. The Morgan fingerprint density at radius 3 is 2.37 bits per heavy atom. The van der Waals surface area contributed by atoms with Gasteiger partial charge in [-0.2, -0.15) is 13.2 Å². The maximum atomic E-state index is 12.7. The topological polar surface area (TPSA) is 12.9 Å². The number of pyridine rings is 1. The molecule has 0 atom stereocenters. The molecule has 19 heavy (non-hydrogen) atoms. The SMILES string of the molecule is FC(F)(F)c1ccc(I)c(-c2cccc(Cl)c2Cl)n1. The molecule has 1 heterocycles. The number of aromatic nitrogens is 1. The number of hydrogen-bond acceptors (Lipinski definition) is 1. The zero-order valence-electron chi connectivity index (χ0n) is 9.10. The molecule has 0 fully saturated rings. The van der Waals surface area contributed by atoms with Gasteiger partial charge in [-0.05, 0) is 40.8 Å². The van der Waals surface area contributed by atoms with E-state index in [-0.39, 0.29) is 15.7 Å². The van der Waals surface area contributed by atoms with E-state index in [2.05, 4.69) is 4.98 Å². The Balaban J connectivity index is 2.65. The average Bonchev–Trinajstić information content (AvgIpc) is 2.32. The highest BCUT2D eigenvalue weighted by atomic mass is 127. The van der Waals surface area contributed by atoms with Gasteiger partial charge in [0.25, 0.3) is 0 Å². The Bertz CT molecular complexity index is 629. The highest BCUT2D eigenvalue weighted by Crippen LogP contribution is 2.36. The first-order valence-corrected chi connectivity index (χ1v) is 6.82. The van der Waals surface area contributed by atoms with Crippen molar-refractivity contribution in [3.05, 3.63) is 49.6 Å². The van der Waals surface area contributed by atoms with E-state index < -0.39 is 11.9 Å². The van der Waals surface area contributed by atoms with E-state index in [1.807, 2.05) is 22.6 Å². The molecule has 0 aliphatic carbocycles. The third-order valence-corrected chi connectivity index (χ3v) is 4.03. The summed E-state index contributed by atoms with van der Waals surface area (Å²) in [5, 5.41) is 0.461. The van der Waals surface area contributed by atoms with Gasteiger partial charge in [-0.25, -0.2) is 4.98 Å². The summed E-state index contributed by atoms with van der Waals surface area (Å²) in [6.45, 7) is 0. The van der Waals surface area contributed by atoms with Crippen LogP contribution in [0.25, 0.3) is 11.3 Å². The fourth-order valence-corrected chi connectivity index (χ4v) is 2.46. The average molecular weight is 418 g/mol. The fraction of sp³-hybridized carbons (Fsp3) is 0.0833. The van der Waals surface area contributed by atoms with Gasteiger partial charge in [0.05, 0.1) is 15.7 Å². The predicted octanol–water partition coefficient (Wildman–Crippen LogP) is 5.68. The van der Waals surface area contributed by atoms with Gasteiger partial charge in [0.15, 0.2) is 0 Å². The normalized spacial score (nSPS) is 11.7. The summed E-state index contributed by atoms with van der Waals surface area (Å²) in [5.41, 5.74) is -0.411. The van der Waals surface area contributed by atoms with Crippen LogP contribution < -0.4 is 0 Å². The highest BCUT2D eigenvalue weighted by molar-refractivity contribution is 14.1. The first kappa shape index (κ1) is 14.9. The third-order valence-electron chi connectivity index (χ3n) is 2.34. The molecule has 0 N–H and O–H groups in total. The maximum Gasteiger partial charge on any atom is 0.433 e. The molecular weight excluding hydrogens is 413 g/mol. The lowest BCUT2D eigenvalue weighted by atomic mass is 10.1. The molecular formula is C12H5Cl2F3IN. The number of halogens is 6. The minimum Gasteiger partial charge on any atom is -0.242 e. The van der Waals surface area contributed by atoms with Crippen LogP contribution in [0.5, 0.6) is 0 Å². The maximum absolute atomic E-state index is 12.7. The molecule has 0 saturated carbocycles. The minimum absolute atomic E-state index is 0.169. The van der Waals surface area contributed by atoms with Crippen molar-refractivity contribution in [3.63, 3.8) is 0 Å². The second-order valence-electron chi connectivity index (χ2n) is 3.63. The molecule has 0 bridgehead atoms. The minimum atomic E-state index is -4.50. The van der Waals surface area contributed by atoms with E-state index in [0.29, 0.717) is 9.13 Å². The first-order chi connectivity index (χ1) is 8.80. The number of hydrogen-bond donors (Lipinski definition) is 0. The second-order valence-corrected chi connectivity index (χ2v) is 5.57. The van der Waals surface area contributed by atoms with Gasteiger partial charge in [-0.3, -0.25) is 0 Å². The Morgan fingerprint density at radius 2 is 1.74 bits per heavy atom. The van der Waals surface area contributed by atoms with E-state index in [4.69, 9.17) is 23.2 Å². The summed E-state index contributed by atoms with van der Waals surface area (Å²) in [7, 11) is 0. The van der Waals surface area contributed by atoms with Gasteiger partial charge in [-0.15, -0.1) is 0 Å². The Hall–Kier alpha value is -0.530. The summed E-state index contributed by atoms with van der Waals surface area (Å²) >= 11 is 13.8. The highest BCUT2D eigenvalue weighted by Gasteiger charge is 2.33. The number of alkyl halides is 3. The lowest BCUT2D eigenvalue weighted by Gasteiger charge is -2.11. The van der Waals surface area contributed by atoms with Crippen molar-refractivity contribution >= 4 is 45.8 Å². The monoisotopic (exact) mass is 417 g/mol. The van der Waals surface area contributed by atoms with Crippen LogP contribution in [0.4, 0.5) is 13.2 Å². The van der Waals surface area contributed by atoms with Gasteiger partial charge < -0.3 is 0 Å². The van der Waals surface area contributed by atoms with E-state index >= 15 is 0 Å². The largest absolute Gasteiger partial charge is 0.433 e. The Labute approximate surface area is 130 Å². The zero-order chi connectivity index (χ0) is 14.2. The summed E-state index contributed by atoms with van der Waals surface area (Å²) in [5.74, 6) is 0. The van der Waals surface area contributed by atoms with E-state index in [0.717, 1.165) is 6.07 Å². The molecule has 1 aromatic heterocycles. The van der Waals surface area contributed by atoms with Crippen molar-refractivity contribution in [3.8, 4) is 11.3 Å². The summed E-state index contributed by atoms with van der Waals surface area (Å²) in [6, 6.07) is 7.04. The Kier molecular flexibility index (Phi) is 4.27. The quantitative estimate of drug-likeness (QED) is 0.544. The molecule has 0 aliphatic heterocycles. The van der Waals surface area contributed by atoms with Crippen molar-refractivity contribution in [2.45, 2.75) is 6.18 Å². The van der Waals surface area contributed by atoms with Gasteiger partial charge >= 0.3 is 6.18 Å². The second kappa shape index (κ2) is 5.46. The summed E-state index contributed by atoms with van der Waals surface area (Å²) in [6.07, 6.45) is -4.50. The number of rotatable bonds is 1. The molecule has 100 valence electrons. The van der Waals surface area contributed by atoms with Crippen LogP contribution in [0, 0.1) is 3.57 Å². The molecule has 2 rings (SSSR count). The Morgan fingerprint density at radius 1 is 1.05 bits per heavy atom. The molecule has 7 heteroatoms. The van der Waals surface area contributed by atoms with Gasteiger partial charge in [-0.1, -0.05) is 35.3 Å². The molecule has 1 aromatic carbocycles. The zero-order valence-corrected chi connectivity index (χ0v) is 12.8. The molecule has 1 nitrogen and oxygen atoms in total. The van der Waals surface area contributed by atoms with Crippen molar-refractivity contribution in [1.29, 1.82) is 0 Å². The summed E-state index contributed by atoms with van der Waals surface area (Å²) in [4.78, 5) is 3.64. The number of nitrogens with zero attached hydrogens (tertiary/aromatic N) is 1. The molecule has 0 aliphatic rings. The first-order valence-electron chi connectivity index (χ1n) is 4.99. The van der Waals surface area contributed by atoms with Crippen LogP contribution in [-0.4, -0.2) is 4.98 Å². The van der Waals surface area contributed by atoms with Crippen molar-refractivity contribution in [2.24, 2.45) is 0 Å². The van der Waals surface area contributed by atoms with Crippen molar-refractivity contribution in [2.75, 3.05) is 0 Å². The molecule has 0 saturated heterocycles. The van der Waals surface area contributed by atoms with E-state index in [9.17, 15) is 13.2 Å². The van der Waals surface area contributed by atoms with Crippen LogP contribution in [0.1, 0.15) is 5.69 Å². The molecule has 0 amide bonds. The number of benzene rings is 1. The van der Waals surface area contributed by atoms with Crippen LogP contribution >= 0.6 is 45.8 Å². The predicted molar refractivity (Wildman–Crippen MR) is 77.4 cm³/mol. The standard InChI is InChI=1S/C12H5Cl2F3IN/c13-7-3-1-2-6(10(7)14)11-8(18)4-5-9(19-11)12(15,16)17/h1-5H. The smallest absolute Gasteiger partial charge is 0.242 e. The van der Waals surface area contributed by atoms with E-state index in [1.54, 1.807) is 18.2 Å². The third kappa shape index (κ3) is 3.14. The van der Waals surface area contributed by atoms with Crippen LogP contribution in [0.2, 0.25) is 10.0 Å². The van der Waals surface area contributed by atoms with Gasteiger partial charge in [0, 0.05) is 9.13 Å². The van der Waals surface area contributed by atoms with Crippen molar-refractivity contribution < 1.29 is 13.2 Å². The summed E-state index contributed by atoms with van der Waals surface area (Å²) < 4.78 is 38.6. The van der Waals surface area contributed by atoms with Gasteiger partial charge in [0.1, 0.15) is 5.69 Å². The van der Waals surface area contributed by atoms with Crippen LogP contribution in [-0.2, 0) is 6.18 Å². The van der Waals surface area contributed by atoms with E-state index in [1.165, 1.54) is 6.07 Å². The van der Waals surface area contributed by atoms with Crippen LogP contribution in [0.3, 0.4) is 0 Å². The van der Waals surface area contributed by atoms with Gasteiger partial charge in [0.2, 0.25) is 0 Å². The fourth-order valence-electron chi connectivity index (χ4n) is 1.48. The molecule has 0 radical (unpaired) electrons. The lowest BCUT2D eigenvalue weighted by molar-refractivity contribution is -0.141. The molecule has 0 unspecified atom stereocenters. The van der Waals surface area contributed by atoms with Crippen LogP contribution in [0.15, 0.2) is 30.3 Å². The van der Waals surface area contributed by atoms with Crippen molar-refractivity contribution in [1.82, 2.24) is 4.98 Å².